The lowest BCUT2D eigenvalue weighted by molar-refractivity contribution is -0.206. The van der Waals surface area contributed by atoms with Gasteiger partial charge in [0.25, 0.3) is 0 Å². The van der Waals surface area contributed by atoms with Crippen molar-refractivity contribution in [1.29, 1.82) is 5.41 Å². The molecule has 110 valence electrons. The maximum absolute atomic E-state index is 7.34. The van der Waals surface area contributed by atoms with Crippen LogP contribution in [0.25, 0.3) is 0 Å². The van der Waals surface area contributed by atoms with Crippen LogP contribution in [0.3, 0.4) is 0 Å². The molecule has 0 aromatic carbocycles. The molecule has 2 aliphatic rings. The molecule has 1 N–H and O–H groups in total. The fourth-order valence-electron chi connectivity index (χ4n) is 3.76. The molecule has 1 aliphatic heterocycles. The zero-order valence-corrected chi connectivity index (χ0v) is 12.9. The van der Waals surface area contributed by atoms with E-state index in [1.54, 1.807) is 6.21 Å². The zero-order chi connectivity index (χ0) is 14.1. The average molecular weight is 267 g/mol. The first-order valence-electron chi connectivity index (χ1n) is 7.66. The monoisotopic (exact) mass is 267 g/mol. The molecule has 0 amide bonds. The number of hydrogen-bond donors (Lipinski definition) is 1. The Bertz CT molecular complexity index is 301. The van der Waals surface area contributed by atoms with Crippen molar-refractivity contribution >= 4 is 6.21 Å². The van der Waals surface area contributed by atoms with Crippen molar-refractivity contribution in [2.24, 2.45) is 5.92 Å². The normalized spacial score (nSPS) is 34.9. The van der Waals surface area contributed by atoms with Crippen molar-refractivity contribution in [3.8, 4) is 0 Å². The van der Waals surface area contributed by atoms with Gasteiger partial charge in [-0.15, -0.1) is 0 Å². The summed E-state index contributed by atoms with van der Waals surface area (Å²) in [5, 5.41) is 7.34. The van der Waals surface area contributed by atoms with Crippen molar-refractivity contribution in [3.63, 3.8) is 0 Å². The van der Waals surface area contributed by atoms with Crippen molar-refractivity contribution in [3.05, 3.63) is 0 Å². The minimum absolute atomic E-state index is 0.0847. The minimum atomic E-state index is -0.0847. The third kappa shape index (κ3) is 4.28. The molecule has 1 saturated heterocycles. The third-order valence-electron chi connectivity index (χ3n) is 4.33. The fourth-order valence-corrected chi connectivity index (χ4v) is 3.76. The highest BCUT2D eigenvalue weighted by Crippen LogP contribution is 2.38. The van der Waals surface area contributed by atoms with Crippen LogP contribution in [0.4, 0.5) is 0 Å². The summed E-state index contributed by atoms with van der Waals surface area (Å²) in [4.78, 5) is 0. The third-order valence-corrected chi connectivity index (χ3v) is 4.33. The van der Waals surface area contributed by atoms with Crippen LogP contribution in [0.1, 0.15) is 66.2 Å². The lowest BCUT2D eigenvalue weighted by Gasteiger charge is -2.46. The Morgan fingerprint density at radius 3 is 1.95 bits per heavy atom. The highest BCUT2D eigenvalue weighted by molar-refractivity contribution is 5.56. The zero-order valence-electron chi connectivity index (χ0n) is 12.9. The summed E-state index contributed by atoms with van der Waals surface area (Å²) in [6.45, 7) is 8.65. The van der Waals surface area contributed by atoms with E-state index in [9.17, 15) is 0 Å². The van der Waals surface area contributed by atoms with E-state index >= 15 is 0 Å². The molecular formula is C16H29NO2. The Balaban J connectivity index is 1.87. The Morgan fingerprint density at radius 1 is 0.947 bits per heavy atom. The largest absolute Gasteiger partial charge is 0.375 e. The molecule has 0 spiro atoms. The van der Waals surface area contributed by atoms with Gasteiger partial charge in [-0.05, 0) is 65.5 Å². The van der Waals surface area contributed by atoms with Crippen molar-refractivity contribution in [1.82, 2.24) is 0 Å². The molecule has 0 atom stereocenters. The van der Waals surface area contributed by atoms with Crippen LogP contribution in [0, 0.1) is 11.3 Å². The molecule has 3 heteroatoms. The van der Waals surface area contributed by atoms with Gasteiger partial charge < -0.3 is 14.9 Å². The van der Waals surface area contributed by atoms with Gasteiger partial charge >= 0.3 is 0 Å². The van der Waals surface area contributed by atoms with E-state index < -0.39 is 0 Å². The molecular weight excluding hydrogens is 238 g/mol. The molecule has 0 unspecified atom stereocenters. The van der Waals surface area contributed by atoms with Gasteiger partial charge in [-0.25, -0.2) is 0 Å². The van der Waals surface area contributed by atoms with Gasteiger partial charge in [-0.2, -0.15) is 0 Å². The van der Waals surface area contributed by atoms with E-state index in [0.29, 0.717) is 18.1 Å². The molecule has 19 heavy (non-hydrogen) atoms. The number of hydrogen-bond acceptors (Lipinski definition) is 3. The van der Waals surface area contributed by atoms with Crippen molar-refractivity contribution in [2.75, 3.05) is 0 Å². The van der Waals surface area contributed by atoms with Gasteiger partial charge in [-0.3, -0.25) is 0 Å². The van der Waals surface area contributed by atoms with Gasteiger partial charge in [0, 0.05) is 12.8 Å². The van der Waals surface area contributed by atoms with E-state index in [1.165, 1.54) is 0 Å². The molecule has 3 nitrogen and oxygen atoms in total. The lowest BCUT2D eigenvalue weighted by Crippen LogP contribution is -2.49. The standard InChI is InChI=1S/C16H29NO2/c1-15(2)9-14(10-16(3,4)19-15)18-13-7-5-12(11-17)6-8-13/h11-14,17H,5-10H2,1-4H3. The summed E-state index contributed by atoms with van der Waals surface area (Å²) < 4.78 is 12.4. The van der Waals surface area contributed by atoms with E-state index in [-0.39, 0.29) is 11.2 Å². The van der Waals surface area contributed by atoms with Gasteiger partial charge in [0.1, 0.15) is 0 Å². The first-order chi connectivity index (χ1) is 8.80. The molecule has 0 aromatic heterocycles. The van der Waals surface area contributed by atoms with Gasteiger partial charge in [0.05, 0.1) is 23.4 Å². The van der Waals surface area contributed by atoms with Crippen LogP contribution >= 0.6 is 0 Å². The second-order valence-corrected chi connectivity index (χ2v) is 7.49. The quantitative estimate of drug-likeness (QED) is 0.787. The maximum Gasteiger partial charge on any atom is 0.0658 e. The Morgan fingerprint density at radius 2 is 1.47 bits per heavy atom. The lowest BCUT2D eigenvalue weighted by atomic mass is 9.85. The fraction of sp³-hybridized carbons (Fsp3) is 0.938. The summed E-state index contributed by atoms with van der Waals surface area (Å²) >= 11 is 0. The van der Waals surface area contributed by atoms with Gasteiger partial charge in [-0.1, -0.05) is 0 Å². The Hall–Kier alpha value is -0.410. The van der Waals surface area contributed by atoms with Crippen LogP contribution in [0.15, 0.2) is 0 Å². The number of ether oxygens (including phenoxy) is 2. The molecule has 0 radical (unpaired) electrons. The summed E-state index contributed by atoms with van der Waals surface area (Å²) in [7, 11) is 0. The van der Waals surface area contributed by atoms with Crippen LogP contribution < -0.4 is 0 Å². The summed E-state index contributed by atoms with van der Waals surface area (Å²) in [6.07, 6.45) is 8.75. The second-order valence-electron chi connectivity index (χ2n) is 7.49. The van der Waals surface area contributed by atoms with E-state index in [0.717, 1.165) is 38.5 Å². The van der Waals surface area contributed by atoms with E-state index in [4.69, 9.17) is 14.9 Å². The first kappa shape index (κ1) is 15.0. The maximum atomic E-state index is 7.34. The van der Waals surface area contributed by atoms with Crippen molar-refractivity contribution < 1.29 is 9.47 Å². The van der Waals surface area contributed by atoms with Crippen LogP contribution in [0.5, 0.6) is 0 Å². The van der Waals surface area contributed by atoms with Crippen LogP contribution in [-0.4, -0.2) is 29.6 Å². The molecule has 1 heterocycles. The number of rotatable bonds is 3. The SMILES string of the molecule is CC1(C)CC(OC2CCC(C=N)CC2)CC(C)(C)O1. The molecule has 0 bridgehead atoms. The van der Waals surface area contributed by atoms with Crippen molar-refractivity contribution in [2.45, 2.75) is 89.6 Å². The predicted octanol–water partition coefficient (Wildman–Crippen LogP) is 3.95. The molecule has 2 rings (SSSR count). The molecule has 1 saturated carbocycles. The Kier molecular flexibility index (Phi) is 4.36. The average Bonchev–Trinajstić information content (AvgIpc) is 2.25. The van der Waals surface area contributed by atoms with Crippen LogP contribution in [0.2, 0.25) is 0 Å². The molecule has 1 aliphatic carbocycles. The van der Waals surface area contributed by atoms with Crippen LogP contribution in [-0.2, 0) is 9.47 Å². The highest BCUT2D eigenvalue weighted by Gasteiger charge is 2.40. The summed E-state index contributed by atoms with van der Waals surface area (Å²) in [6, 6.07) is 0. The minimum Gasteiger partial charge on any atom is -0.375 e. The smallest absolute Gasteiger partial charge is 0.0658 e. The second kappa shape index (κ2) is 5.53. The first-order valence-corrected chi connectivity index (χ1v) is 7.66. The summed E-state index contributed by atoms with van der Waals surface area (Å²) in [5.41, 5.74) is -0.169. The van der Waals surface area contributed by atoms with E-state index in [1.807, 2.05) is 0 Å². The van der Waals surface area contributed by atoms with Gasteiger partial charge in [0.2, 0.25) is 0 Å². The van der Waals surface area contributed by atoms with E-state index in [2.05, 4.69) is 27.7 Å². The molecule has 2 fully saturated rings. The topological polar surface area (TPSA) is 42.3 Å². The number of nitrogens with one attached hydrogen (secondary N) is 1. The molecule has 0 aromatic rings. The highest BCUT2D eigenvalue weighted by atomic mass is 16.5. The Labute approximate surface area is 117 Å². The van der Waals surface area contributed by atoms with Gasteiger partial charge in [0.15, 0.2) is 0 Å². The predicted molar refractivity (Wildman–Crippen MR) is 77.9 cm³/mol. The summed E-state index contributed by atoms with van der Waals surface area (Å²) in [5.74, 6) is 0.488.